The number of hydrogen-bond donors (Lipinski definition) is 2. The minimum Gasteiger partial charge on any atom is -0.323 e. The van der Waals surface area contributed by atoms with Crippen LogP contribution >= 0.6 is 0 Å². The molecule has 2 rings (SSSR count). The molecule has 1 aliphatic rings. The molecule has 0 radical (unpaired) electrons. The van der Waals surface area contributed by atoms with E-state index in [1.54, 1.807) is 28.6 Å². The highest BCUT2D eigenvalue weighted by Crippen LogP contribution is 2.25. The molecule has 1 aliphatic heterocycles. The summed E-state index contributed by atoms with van der Waals surface area (Å²) >= 11 is 0. The minimum absolute atomic E-state index is 0.224. The van der Waals surface area contributed by atoms with Crippen LogP contribution in [0.5, 0.6) is 0 Å². The second-order valence-corrected chi connectivity index (χ2v) is 6.89. The Labute approximate surface area is 120 Å². The first-order valence-corrected chi connectivity index (χ1v) is 8.24. The third-order valence-corrected chi connectivity index (χ3v) is 5.72. The average Bonchev–Trinajstić information content (AvgIpc) is 2.47. The summed E-state index contributed by atoms with van der Waals surface area (Å²) in [5.74, 6) is 5.41. The van der Waals surface area contributed by atoms with Gasteiger partial charge in [0.2, 0.25) is 10.0 Å². The zero-order chi connectivity index (χ0) is 14.8. The topological polar surface area (TPSA) is 78.7 Å². The fourth-order valence-corrected chi connectivity index (χ4v) is 4.27. The molecule has 7 heteroatoms. The summed E-state index contributed by atoms with van der Waals surface area (Å²) in [6, 6.07) is 6.94. The number of para-hydroxylation sites is 1. The molecule has 0 spiro atoms. The first-order chi connectivity index (χ1) is 9.50. The Morgan fingerprint density at radius 1 is 1.35 bits per heavy atom. The lowest BCUT2D eigenvalue weighted by Gasteiger charge is -2.38. The van der Waals surface area contributed by atoms with Crippen LogP contribution in [0.4, 0.5) is 5.69 Å². The molecule has 0 amide bonds. The lowest BCUT2D eigenvalue weighted by Crippen LogP contribution is -2.53. The standard InChI is InChI=1S/C13H22N4O2S/c1-3-16-8-9-17(10-11(16)2)20(18,19)13-7-5-4-6-12(13)15-14/h4-7,11,15H,3,8-10,14H2,1-2H3. The number of benzene rings is 1. The molecule has 1 atom stereocenters. The number of sulfonamides is 1. The monoisotopic (exact) mass is 298 g/mol. The van der Waals surface area contributed by atoms with Gasteiger partial charge >= 0.3 is 0 Å². The Morgan fingerprint density at radius 2 is 2.05 bits per heavy atom. The molecule has 1 heterocycles. The molecular formula is C13H22N4O2S. The highest BCUT2D eigenvalue weighted by molar-refractivity contribution is 7.89. The summed E-state index contributed by atoms with van der Waals surface area (Å²) in [7, 11) is -3.51. The molecule has 112 valence electrons. The van der Waals surface area contributed by atoms with Crippen LogP contribution in [-0.2, 0) is 10.0 Å². The van der Waals surface area contributed by atoms with Crippen LogP contribution in [0, 0.1) is 0 Å². The number of nitrogen functional groups attached to an aromatic ring is 1. The van der Waals surface area contributed by atoms with E-state index in [1.165, 1.54) is 0 Å². The smallest absolute Gasteiger partial charge is 0.245 e. The van der Waals surface area contributed by atoms with Gasteiger partial charge in [0.1, 0.15) is 4.90 Å². The van der Waals surface area contributed by atoms with E-state index in [4.69, 9.17) is 5.84 Å². The molecule has 20 heavy (non-hydrogen) atoms. The number of hydrazine groups is 1. The normalized spacial score (nSPS) is 21.9. The molecular weight excluding hydrogens is 276 g/mol. The van der Waals surface area contributed by atoms with Gasteiger partial charge in [-0.05, 0) is 25.6 Å². The van der Waals surface area contributed by atoms with Crippen LogP contribution in [-0.4, -0.2) is 49.8 Å². The van der Waals surface area contributed by atoms with E-state index in [2.05, 4.69) is 24.2 Å². The van der Waals surface area contributed by atoms with Crippen LogP contribution < -0.4 is 11.3 Å². The van der Waals surface area contributed by atoms with Gasteiger partial charge in [-0.3, -0.25) is 10.7 Å². The predicted molar refractivity (Wildman–Crippen MR) is 79.7 cm³/mol. The number of nitrogens with one attached hydrogen (secondary N) is 1. The molecule has 1 unspecified atom stereocenters. The van der Waals surface area contributed by atoms with Crippen molar-refractivity contribution >= 4 is 15.7 Å². The fraction of sp³-hybridized carbons (Fsp3) is 0.538. The van der Waals surface area contributed by atoms with Crippen molar-refractivity contribution in [3.05, 3.63) is 24.3 Å². The Balaban J connectivity index is 2.27. The minimum atomic E-state index is -3.51. The molecule has 1 saturated heterocycles. The van der Waals surface area contributed by atoms with Crippen LogP contribution in [0.15, 0.2) is 29.2 Å². The van der Waals surface area contributed by atoms with Gasteiger partial charge in [0.25, 0.3) is 0 Å². The van der Waals surface area contributed by atoms with Crippen LogP contribution in [0.1, 0.15) is 13.8 Å². The van der Waals surface area contributed by atoms with Gasteiger partial charge in [-0.15, -0.1) is 0 Å². The van der Waals surface area contributed by atoms with E-state index >= 15 is 0 Å². The van der Waals surface area contributed by atoms with Crippen LogP contribution in [0.25, 0.3) is 0 Å². The quantitative estimate of drug-likeness (QED) is 0.631. The Morgan fingerprint density at radius 3 is 2.65 bits per heavy atom. The lowest BCUT2D eigenvalue weighted by molar-refractivity contribution is 0.135. The van der Waals surface area contributed by atoms with Crippen molar-refractivity contribution < 1.29 is 8.42 Å². The largest absolute Gasteiger partial charge is 0.323 e. The molecule has 1 aromatic rings. The summed E-state index contributed by atoms with van der Waals surface area (Å²) in [6.07, 6.45) is 0. The third-order valence-electron chi connectivity index (χ3n) is 3.79. The van der Waals surface area contributed by atoms with E-state index in [-0.39, 0.29) is 10.9 Å². The Bertz CT molecular complexity index is 561. The van der Waals surface area contributed by atoms with Gasteiger partial charge in [0.05, 0.1) is 5.69 Å². The summed E-state index contributed by atoms with van der Waals surface area (Å²) < 4.78 is 27.0. The van der Waals surface area contributed by atoms with E-state index in [0.29, 0.717) is 18.8 Å². The number of nitrogens with zero attached hydrogens (tertiary/aromatic N) is 2. The third kappa shape index (κ3) is 2.80. The molecule has 0 aromatic heterocycles. The number of piperazine rings is 1. The van der Waals surface area contributed by atoms with Crippen molar-refractivity contribution in [2.75, 3.05) is 31.6 Å². The van der Waals surface area contributed by atoms with Gasteiger partial charge in [0.15, 0.2) is 0 Å². The molecule has 3 N–H and O–H groups in total. The molecule has 0 saturated carbocycles. The number of likely N-dealkylation sites (N-methyl/N-ethyl adjacent to an activating group) is 1. The lowest BCUT2D eigenvalue weighted by atomic mass is 10.2. The highest BCUT2D eigenvalue weighted by Gasteiger charge is 2.32. The van der Waals surface area contributed by atoms with Crippen molar-refractivity contribution in [2.45, 2.75) is 24.8 Å². The number of hydrogen-bond acceptors (Lipinski definition) is 5. The maximum absolute atomic E-state index is 12.7. The fourth-order valence-electron chi connectivity index (χ4n) is 2.60. The van der Waals surface area contributed by atoms with Crippen molar-refractivity contribution in [3.8, 4) is 0 Å². The first kappa shape index (κ1) is 15.2. The summed E-state index contributed by atoms with van der Waals surface area (Å²) in [4.78, 5) is 2.51. The Kier molecular flexibility index (Phi) is 4.64. The average molecular weight is 298 g/mol. The summed E-state index contributed by atoms with van der Waals surface area (Å²) in [5.41, 5.74) is 2.88. The number of rotatable bonds is 4. The van der Waals surface area contributed by atoms with Gasteiger partial charge in [0, 0.05) is 25.7 Å². The summed E-state index contributed by atoms with van der Waals surface area (Å²) in [5, 5.41) is 0. The number of anilines is 1. The second kappa shape index (κ2) is 6.09. The maximum Gasteiger partial charge on any atom is 0.245 e. The van der Waals surface area contributed by atoms with Gasteiger partial charge in [-0.1, -0.05) is 19.1 Å². The maximum atomic E-state index is 12.7. The molecule has 0 aliphatic carbocycles. The summed E-state index contributed by atoms with van der Waals surface area (Å²) in [6.45, 7) is 6.87. The SMILES string of the molecule is CCN1CCN(S(=O)(=O)c2ccccc2NN)CC1C. The second-order valence-electron chi connectivity index (χ2n) is 4.98. The van der Waals surface area contributed by atoms with E-state index < -0.39 is 10.0 Å². The molecule has 1 fully saturated rings. The van der Waals surface area contributed by atoms with Crippen molar-refractivity contribution in [2.24, 2.45) is 5.84 Å². The van der Waals surface area contributed by atoms with Crippen LogP contribution in [0.3, 0.4) is 0 Å². The Hall–Kier alpha value is -1.15. The van der Waals surface area contributed by atoms with E-state index in [0.717, 1.165) is 13.1 Å². The highest BCUT2D eigenvalue weighted by atomic mass is 32.2. The zero-order valence-corrected chi connectivity index (χ0v) is 12.7. The van der Waals surface area contributed by atoms with E-state index in [1.807, 2.05) is 0 Å². The zero-order valence-electron chi connectivity index (χ0n) is 11.9. The predicted octanol–water partition coefficient (Wildman–Crippen LogP) is 0.687. The molecule has 0 bridgehead atoms. The van der Waals surface area contributed by atoms with E-state index in [9.17, 15) is 8.42 Å². The van der Waals surface area contributed by atoms with Crippen molar-refractivity contribution in [3.63, 3.8) is 0 Å². The van der Waals surface area contributed by atoms with Crippen molar-refractivity contribution in [1.82, 2.24) is 9.21 Å². The van der Waals surface area contributed by atoms with Gasteiger partial charge in [-0.2, -0.15) is 4.31 Å². The first-order valence-electron chi connectivity index (χ1n) is 6.80. The van der Waals surface area contributed by atoms with Gasteiger partial charge < -0.3 is 5.43 Å². The number of nitrogens with two attached hydrogens (primary N) is 1. The molecule has 6 nitrogen and oxygen atoms in total. The van der Waals surface area contributed by atoms with Crippen molar-refractivity contribution in [1.29, 1.82) is 0 Å². The molecule has 1 aromatic carbocycles. The van der Waals surface area contributed by atoms with Crippen LogP contribution in [0.2, 0.25) is 0 Å². The van der Waals surface area contributed by atoms with Gasteiger partial charge in [-0.25, -0.2) is 8.42 Å².